The first kappa shape index (κ1) is 19.2. The van der Waals surface area contributed by atoms with Gasteiger partial charge in [-0.15, -0.1) is 11.3 Å². The molecule has 3 rings (SSSR count). The van der Waals surface area contributed by atoms with Crippen molar-refractivity contribution in [3.05, 3.63) is 51.9 Å². The first-order valence-electron chi connectivity index (χ1n) is 9.09. The van der Waals surface area contributed by atoms with Crippen molar-refractivity contribution in [1.29, 1.82) is 0 Å². The molecule has 0 spiro atoms. The number of amides is 2. The van der Waals surface area contributed by atoms with Crippen molar-refractivity contribution in [2.24, 2.45) is 11.7 Å². The molecule has 3 N–H and O–H groups in total. The van der Waals surface area contributed by atoms with Crippen molar-refractivity contribution in [1.82, 2.24) is 0 Å². The van der Waals surface area contributed by atoms with Crippen LogP contribution in [0.3, 0.4) is 0 Å². The molecule has 1 aliphatic carbocycles. The molecule has 1 aromatic heterocycles. The third-order valence-corrected chi connectivity index (χ3v) is 6.14. The Bertz CT molecular complexity index is 868. The fourth-order valence-corrected chi connectivity index (χ4v) is 4.76. The lowest BCUT2D eigenvalue weighted by molar-refractivity contribution is -0.111. The summed E-state index contributed by atoms with van der Waals surface area (Å²) in [6.45, 7) is 2.19. The average Bonchev–Trinajstić information content (AvgIpc) is 3.03. The standard InChI is InChI=1S/C21H24N2O3S/c1-3-13-6-10-16-17(12-13)27-21(19(16)20(22)25)23-18(24)11-7-14-4-8-15(26-2)9-5-14/h4-5,7-9,11,13H,3,6,10,12H2,1-2H3,(H2,22,25)(H,23,24)/b11-7+. The SMILES string of the molecule is CCC1CCc2c(sc(NC(=O)/C=C/c3ccc(OC)cc3)c2C(N)=O)C1. The second-order valence-corrected chi connectivity index (χ2v) is 7.79. The zero-order valence-corrected chi connectivity index (χ0v) is 16.4. The summed E-state index contributed by atoms with van der Waals surface area (Å²) in [6.07, 6.45) is 7.16. The zero-order chi connectivity index (χ0) is 19.4. The van der Waals surface area contributed by atoms with Gasteiger partial charge in [-0.2, -0.15) is 0 Å². The Balaban J connectivity index is 1.76. The minimum atomic E-state index is -0.475. The molecule has 2 aromatic rings. The number of anilines is 1. The van der Waals surface area contributed by atoms with Gasteiger partial charge in [-0.1, -0.05) is 25.5 Å². The van der Waals surface area contributed by atoms with Gasteiger partial charge in [-0.3, -0.25) is 9.59 Å². The number of hydrogen-bond acceptors (Lipinski definition) is 4. The molecule has 6 heteroatoms. The highest BCUT2D eigenvalue weighted by Crippen LogP contribution is 2.40. The summed E-state index contributed by atoms with van der Waals surface area (Å²) in [5.74, 6) is 0.642. The molecule has 0 saturated heterocycles. The van der Waals surface area contributed by atoms with Crippen LogP contribution < -0.4 is 15.8 Å². The molecule has 2 amide bonds. The van der Waals surface area contributed by atoms with Crippen molar-refractivity contribution in [2.45, 2.75) is 32.6 Å². The van der Waals surface area contributed by atoms with E-state index in [9.17, 15) is 9.59 Å². The van der Waals surface area contributed by atoms with Gasteiger partial charge < -0.3 is 15.8 Å². The lowest BCUT2D eigenvalue weighted by atomic mass is 9.85. The van der Waals surface area contributed by atoms with Crippen molar-refractivity contribution in [3.63, 3.8) is 0 Å². The summed E-state index contributed by atoms with van der Waals surface area (Å²) in [6, 6.07) is 7.40. The summed E-state index contributed by atoms with van der Waals surface area (Å²) >= 11 is 1.48. The number of ether oxygens (including phenoxy) is 1. The number of primary amides is 1. The number of thiophene rings is 1. The van der Waals surface area contributed by atoms with E-state index in [1.807, 2.05) is 24.3 Å². The molecule has 1 heterocycles. The molecule has 1 atom stereocenters. The Labute approximate surface area is 163 Å². The van der Waals surface area contributed by atoms with Gasteiger partial charge >= 0.3 is 0 Å². The molecule has 0 radical (unpaired) electrons. The van der Waals surface area contributed by atoms with Crippen molar-refractivity contribution < 1.29 is 14.3 Å². The van der Waals surface area contributed by atoms with Gasteiger partial charge in [0.05, 0.1) is 12.7 Å². The average molecular weight is 385 g/mol. The third-order valence-electron chi connectivity index (χ3n) is 4.97. The van der Waals surface area contributed by atoms with Crippen LogP contribution in [0.15, 0.2) is 30.3 Å². The minimum absolute atomic E-state index is 0.279. The van der Waals surface area contributed by atoms with Crippen LogP contribution in [0.5, 0.6) is 5.75 Å². The second kappa shape index (κ2) is 8.39. The summed E-state index contributed by atoms with van der Waals surface area (Å²) in [4.78, 5) is 25.5. The molecule has 27 heavy (non-hydrogen) atoms. The Kier molecular flexibility index (Phi) is 5.96. The molecular formula is C21H24N2O3S. The lowest BCUT2D eigenvalue weighted by Gasteiger charge is -2.20. The maximum Gasteiger partial charge on any atom is 0.251 e. The summed E-state index contributed by atoms with van der Waals surface area (Å²) in [5, 5.41) is 3.41. The molecule has 1 unspecified atom stereocenters. The van der Waals surface area contributed by atoms with Crippen LogP contribution in [-0.2, 0) is 17.6 Å². The van der Waals surface area contributed by atoms with Crippen LogP contribution in [0, 0.1) is 5.92 Å². The van der Waals surface area contributed by atoms with Gasteiger partial charge in [-0.05, 0) is 54.5 Å². The Hall–Kier alpha value is -2.60. The molecule has 1 aliphatic rings. The predicted octanol–water partition coefficient (Wildman–Crippen LogP) is 4.02. The largest absolute Gasteiger partial charge is 0.497 e. The molecule has 5 nitrogen and oxygen atoms in total. The number of hydrogen-bond donors (Lipinski definition) is 2. The first-order chi connectivity index (χ1) is 13.0. The zero-order valence-electron chi connectivity index (χ0n) is 15.6. The Morgan fingerprint density at radius 1 is 1.33 bits per heavy atom. The van der Waals surface area contributed by atoms with Gasteiger partial charge in [0.2, 0.25) is 5.91 Å². The van der Waals surface area contributed by atoms with Crippen molar-refractivity contribution in [2.75, 3.05) is 12.4 Å². The quantitative estimate of drug-likeness (QED) is 0.738. The topological polar surface area (TPSA) is 81.4 Å². The van der Waals surface area contributed by atoms with Crippen LogP contribution in [-0.4, -0.2) is 18.9 Å². The molecule has 142 valence electrons. The van der Waals surface area contributed by atoms with E-state index >= 15 is 0 Å². The number of rotatable bonds is 6. The van der Waals surface area contributed by atoms with E-state index in [1.165, 1.54) is 22.3 Å². The van der Waals surface area contributed by atoms with Crippen molar-refractivity contribution >= 4 is 34.2 Å². The van der Waals surface area contributed by atoms with Gasteiger partial charge in [0.25, 0.3) is 5.91 Å². The molecule has 0 aliphatic heterocycles. The van der Waals surface area contributed by atoms with Crippen molar-refractivity contribution in [3.8, 4) is 5.75 Å². The van der Waals surface area contributed by atoms with E-state index in [1.54, 1.807) is 13.2 Å². The maximum absolute atomic E-state index is 12.3. The first-order valence-corrected chi connectivity index (χ1v) is 9.91. The number of fused-ring (bicyclic) bond motifs is 1. The molecule has 0 saturated carbocycles. The molecule has 0 bridgehead atoms. The molecular weight excluding hydrogens is 360 g/mol. The summed E-state index contributed by atoms with van der Waals surface area (Å²) < 4.78 is 5.12. The third kappa shape index (κ3) is 4.39. The van der Waals surface area contributed by atoms with E-state index in [-0.39, 0.29) is 5.91 Å². The fraction of sp³-hybridized carbons (Fsp3) is 0.333. The number of methoxy groups -OCH3 is 1. The van der Waals surface area contributed by atoms with E-state index in [0.29, 0.717) is 16.5 Å². The normalized spacial score (nSPS) is 16.1. The predicted molar refractivity (Wildman–Crippen MR) is 109 cm³/mol. The van der Waals surface area contributed by atoms with Gasteiger partial charge in [0.1, 0.15) is 10.8 Å². The smallest absolute Gasteiger partial charge is 0.251 e. The summed E-state index contributed by atoms with van der Waals surface area (Å²) in [7, 11) is 1.61. The van der Waals surface area contributed by atoms with E-state index in [2.05, 4.69) is 12.2 Å². The van der Waals surface area contributed by atoms with Gasteiger partial charge in [0.15, 0.2) is 0 Å². The lowest BCUT2D eigenvalue weighted by Crippen LogP contribution is -2.19. The Morgan fingerprint density at radius 3 is 2.70 bits per heavy atom. The van der Waals surface area contributed by atoms with Crippen LogP contribution in [0.2, 0.25) is 0 Å². The highest BCUT2D eigenvalue weighted by atomic mass is 32.1. The van der Waals surface area contributed by atoms with E-state index < -0.39 is 5.91 Å². The Morgan fingerprint density at radius 2 is 2.07 bits per heavy atom. The number of carbonyl (C=O) groups is 2. The number of carbonyl (C=O) groups excluding carboxylic acids is 2. The molecule has 0 fully saturated rings. The number of nitrogens with two attached hydrogens (primary N) is 1. The second-order valence-electron chi connectivity index (χ2n) is 6.68. The van der Waals surface area contributed by atoms with Gasteiger partial charge in [0, 0.05) is 11.0 Å². The highest BCUT2D eigenvalue weighted by molar-refractivity contribution is 7.17. The van der Waals surface area contributed by atoms with Gasteiger partial charge in [-0.25, -0.2) is 0 Å². The van der Waals surface area contributed by atoms with Crippen LogP contribution in [0.1, 0.15) is 46.1 Å². The van der Waals surface area contributed by atoms with Crippen LogP contribution in [0.4, 0.5) is 5.00 Å². The highest BCUT2D eigenvalue weighted by Gasteiger charge is 2.27. The number of nitrogens with one attached hydrogen (secondary N) is 1. The van der Waals surface area contributed by atoms with E-state index in [4.69, 9.17) is 10.5 Å². The summed E-state index contributed by atoms with van der Waals surface area (Å²) in [5.41, 5.74) is 7.99. The fourth-order valence-electron chi connectivity index (χ4n) is 3.39. The maximum atomic E-state index is 12.3. The molecule has 1 aromatic carbocycles. The van der Waals surface area contributed by atoms with E-state index in [0.717, 1.165) is 42.6 Å². The minimum Gasteiger partial charge on any atom is -0.497 e. The number of benzene rings is 1. The van der Waals surface area contributed by atoms with Crippen LogP contribution >= 0.6 is 11.3 Å². The van der Waals surface area contributed by atoms with Crippen LogP contribution in [0.25, 0.3) is 6.08 Å². The monoisotopic (exact) mass is 384 g/mol.